The van der Waals surface area contributed by atoms with Gasteiger partial charge in [0.05, 0.1) is 5.75 Å². The Morgan fingerprint density at radius 3 is 2.39 bits per heavy atom. The van der Waals surface area contributed by atoms with Gasteiger partial charge in [0, 0.05) is 12.3 Å². The molecule has 1 N–H and O–H groups in total. The topological polar surface area (TPSA) is 46.2 Å². The Kier molecular flexibility index (Phi) is 4.37. The fraction of sp³-hybridized carbons (Fsp3) is 1.00. The molecular weight excluding hydrogens is 246 g/mol. The summed E-state index contributed by atoms with van der Waals surface area (Å²) in [4.78, 5) is 0. The van der Waals surface area contributed by atoms with E-state index in [2.05, 4.69) is 12.2 Å². The zero-order valence-electron chi connectivity index (χ0n) is 11.7. The van der Waals surface area contributed by atoms with Gasteiger partial charge in [0.25, 0.3) is 0 Å². The third-order valence-electron chi connectivity index (χ3n) is 4.67. The maximum absolute atomic E-state index is 11.9. The van der Waals surface area contributed by atoms with E-state index in [0.29, 0.717) is 11.5 Å². The SMILES string of the molecule is CCCS(=O)(=O)CCC1(CNCC)CC2CC2C1. The molecule has 0 radical (unpaired) electrons. The van der Waals surface area contributed by atoms with Gasteiger partial charge in [0.15, 0.2) is 0 Å². The summed E-state index contributed by atoms with van der Waals surface area (Å²) in [6.45, 7) is 6.06. The fourth-order valence-electron chi connectivity index (χ4n) is 3.62. The summed E-state index contributed by atoms with van der Waals surface area (Å²) >= 11 is 0. The molecule has 2 saturated carbocycles. The number of nitrogens with one attached hydrogen (secondary N) is 1. The Morgan fingerprint density at radius 1 is 1.17 bits per heavy atom. The predicted molar refractivity (Wildman–Crippen MR) is 75.4 cm³/mol. The highest BCUT2D eigenvalue weighted by atomic mass is 32.2. The Bertz CT molecular complexity index is 367. The van der Waals surface area contributed by atoms with E-state index in [9.17, 15) is 8.42 Å². The standard InChI is InChI=1S/C14H27NO2S/c1-3-6-18(16,17)7-5-14(11-15-4-2)9-12-8-13(12)10-14/h12-13,15H,3-11H2,1-2H3. The highest BCUT2D eigenvalue weighted by Gasteiger charge is 2.53. The summed E-state index contributed by atoms with van der Waals surface area (Å²) < 4.78 is 23.8. The van der Waals surface area contributed by atoms with Gasteiger partial charge in [0.1, 0.15) is 9.84 Å². The molecule has 4 heteroatoms. The van der Waals surface area contributed by atoms with Crippen LogP contribution in [0.3, 0.4) is 0 Å². The second-order valence-corrected chi connectivity index (χ2v) is 8.65. The Hall–Kier alpha value is -0.0900. The van der Waals surface area contributed by atoms with Crippen LogP contribution in [0.2, 0.25) is 0 Å². The van der Waals surface area contributed by atoms with Crippen LogP contribution in [-0.2, 0) is 9.84 Å². The second-order valence-electron chi connectivity index (χ2n) is 6.35. The van der Waals surface area contributed by atoms with Crippen LogP contribution >= 0.6 is 0 Å². The summed E-state index contributed by atoms with van der Waals surface area (Å²) in [6, 6.07) is 0. The van der Waals surface area contributed by atoms with Gasteiger partial charge < -0.3 is 5.32 Å². The van der Waals surface area contributed by atoms with Gasteiger partial charge in [-0.15, -0.1) is 0 Å². The summed E-state index contributed by atoms with van der Waals surface area (Å²) in [5, 5.41) is 3.45. The van der Waals surface area contributed by atoms with Crippen molar-refractivity contribution >= 4 is 9.84 Å². The molecule has 0 aromatic carbocycles. The van der Waals surface area contributed by atoms with Crippen LogP contribution in [0.1, 0.15) is 46.0 Å². The first-order chi connectivity index (χ1) is 8.50. The Labute approximate surface area is 112 Å². The first-order valence-electron chi connectivity index (χ1n) is 7.41. The Morgan fingerprint density at radius 2 is 1.83 bits per heavy atom. The number of fused-ring (bicyclic) bond motifs is 1. The zero-order valence-corrected chi connectivity index (χ0v) is 12.6. The minimum absolute atomic E-state index is 0.282. The van der Waals surface area contributed by atoms with Crippen molar-refractivity contribution in [2.45, 2.75) is 46.0 Å². The molecule has 3 nitrogen and oxygen atoms in total. The van der Waals surface area contributed by atoms with Crippen LogP contribution in [0.5, 0.6) is 0 Å². The average molecular weight is 273 g/mol. The Balaban J connectivity index is 1.90. The highest BCUT2D eigenvalue weighted by Crippen LogP contribution is 2.60. The maximum atomic E-state index is 11.9. The van der Waals surface area contributed by atoms with Crippen molar-refractivity contribution < 1.29 is 8.42 Å². The van der Waals surface area contributed by atoms with Crippen LogP contribution in [0.25, 0.3) is 0 Å². The molecule has 2 fully saturated rings. The van der Waals surface area contributed by atoms with Crippen molar-refractivity contribution in [3.8, 4) is 0 Å². The van der Waals surface area contributed by atoms with Crippen LogP contribution in [0.15, 0.2) is 0 Å². The van der Waals surface area contributed by atoms with Gasteiger partial charge >= 0.3 is 0 Å². The number of hydrogen-bond acceptors (Lipinski definition) is 3. The smallest absolute Gasteiger partial charge is 0.150 e. The molecule has 0 heterocycles. The summed E-state index contributed by atoms with van der Waals surface area (Å²) in [5.74, 6) is 2.58. The predicted octanol–water partition coefficient (Wildman–Crippen LogP) is 2.23. The van der Waals surface area contributed by atoms with E-state index < -0.39 is 9.84 Å². The molecule has 0 aromatic heterocycles. The summed E-state index contributed by atoms with van der Waals surface area (Å²) in [7, 11) is -2.81. The van der Waals surface area contributed by atoms with Crippen molar-refractivity contribution in [2.24, 2.45) is 17.3 Å². The monoisotopic (exact) mass is 273 g/mol. The van der Waals surface area contributed by atoms with E-state index in [1.165, 1.54) is 19.3 Å². The third kappa shape index (κ3) is 3.47. The highest BCUT2D eigenvalue weighted by molar-refractivity contribution is 7.91. The lowest BCUT2D eigenvalue weighted by molar-refractivity contribution is 0.243. The molecule has 0 aliphatic heterocycles. The largest absolute Gasteiger partial charge is 0.316 e. The van der Waals surface area contributed by atoms with Crippen molar-refractivity contribution in [2.75, 3.05) is 24.6 Å². The molecular formula is C14H27NO2S. The van der Waals surface area contributed by atoms with Crippen LogP contribution < -0.4 is 5.32 Å². The molecule has 0 aromatic rings. The van der Waals surface area contributed by atoms with E-state index in [4.69, 9.17) is 0 Å². The molecule has 2 atom stereocenters. The average Bonchev–Trinajstić information content (AvgIpc) is 2.93. The number of rotatable bonds is 8. The van der Waals surface area contributed by atoms with E-state index in [-0.39, 0.29) is 5.41 Å². The molecule has 18 heavy (non-hydrogen) atoms. The molecule has 0 saturated heterocycles. The van der Waals surface area contributed by atoms with Gasteiger partial charge in [-0.3, -0.25) is 0 Å². The molecule has 0 amide bonds. The zero-order chi connectivity index (χ0) is 13.2. The normalized spacial score (nSPS) is 34.6. The van der Waals surface area contributed by atoms with Crippen molar-refractivity contribution in [1.29, 1.82) is 0 Å². The van der Waals surface area contributed by atoms with E-state index in [1.807, 2.05) is 6.92 Å². The van der Waals surface area contributed by atoms with Gasteiger partial charge in [-0.05, 0) is 55.9 Å². The first kappa shape index (κ1) is 14.3. The molecule has 106 valence electrons. The van der Waals surface area contributed by atoms with Crippen LogP contribution in [-0.4, -0.2) is 33.0 Å². The lowest BCUT2D eigenvalue weighted by Crippen LogP contribution is -2.35. The molecule has 2 aliphatic carbocycles. The molecule has 0 bridgehead atoms. The maximum Gasteiger partial charge on any atom is 0.150 e. The minimum Gasteiger partial charge on any atom is -0.316 e. The lowest BCUT2D eigenvalue weighted by Gasteiger charge is -2.31. The van der Waals surface area contributed by atoms with Gasteiger partial charge in [-0.1, -0.05) is 13.8 Å². The fourth-order valence-corrected chi connectivity index (χ4v) is 5.19. The van der Waals surface area contributed by atoms with Gasteiger partial charge in [0.2, 0.25) is 0 Å². The lowest BCUT2D eigenvalue weighted by atomic mass is 9.80. The van der Waals surface area contributed by atoms with Gasteiger partial charge in [-0.2, -0.15) is 0 Å². The number of hydrogen-bond donors (Lipinski definition) is 1. The van der Waals surface area contributed by atoms with E-state index in [0.717, 1.165) is 37.8 Å². The molecule has 2 aliphatic rings. The summed E-state index contributed by atoms with van der Waals surface area (Å²) in [6.07, 6.45) is 5.53. The molecule has 2 rings (SSSR count). The molecule has 0 spiro atoms. The van der Waals surface area contributed by atoms with E-state index >= 15 is 0 Å². The quantitative estimate of drug-likeness (QED) is 0.737. The van der Waals surface area contributed by atoms with Crippen molar-refractivity contribution in [3.63, 3.8) is 0 Å². The van der Waals surface area contributed by atoms with Crippen molar-refractivity contribution in [3.05, 3.63) is 0 Å². The number of sulfone groups is 1. The first-order valence-corrected chi connectivity index (χ1v) is 9.23. The minimum atomic E-state index is -2.81. The van der Waals surface area contributed by atoms with Crippen molar-refractivity contribution in [1.82, 2.24) is 5.32 Å². The van der Waals surface area contributed by atoms with Gasteiger partial charge in [-0.25, -0.2) is 8.42 Å². The van der Waals surface area contributed by atoms with Crippen LogP contribution in [0, 0.1) is 17.3 Å². The second kappa shape index (κ2) is 5.49. The van der Waals surface area contributed by atoms with Crippen LogP contribution in [0.4, 0.5) is 0 Å². The third-order valence-corrected chi connectivity index (χ3v) is 6.52. The molecule has 2 unspecified atom stereocenters. The summed E-state index contributed by atoms with van der Waals surface area (Å²) in [5.41, 5.74) is 0.282. The van der Waals surface area contributed by atoms with E-state index in [1.54, 1.807) is 0 Å².